The molecule has 1 saturated heterocycles. The summed E-state index contributed by atoms with van der Waals surface area (Å²) in [6.07, 6.45) is 10.1. The molecule has 21 heavy (non-hydrogen) atoms. The van der Waals surface area contributed by atoms with Crippen molar-refractivity contribution >= 4 is 11.3 Å². The van der Waals surface area contributed by atoms with Gasteiger partial charge in [0.25, 0.3) is 0 Å². The first-order chi connectivity index (χ1) is 10.2. The van der Waals surface area contributed by atoms with Crippen LogP contribution < -0.4 is 5.32 Å². The first-order valence-electron chi connectivity index (χ1n) is 8.60. The van der Waals surface area contributed by atoms with Crippen molar-refractivity contribution in [3.05, 3.63) is 16.6 Å². The third-order valence-corrected chi connectivity index (χ3v) is 6.36. The van der Waals surface area contributed by atoms with E-state index in [1.54, 1.807) is 11.3 Å². The fourth-order valence-corrected chi connectivity index (χ4v) is 4.73. The molecule has 3 nitrogen and oxygen atoms in total. The summed E-state index contributed by atoms with van der Waals surface area (Å²) < 4.78 is 0. The smallest absolute Gasteiger partial charge is 0.107 e. The highest BCUT2D eigenvalue weighted by molar-refractivity contribution is 7.09. The number of aromatic nitrogens is 1. The fourth-order valence-electron chi connectivity index (χ4n) is 4.09. The summed E-state index contributed by atoms with van der Waals surface area (Å²) in [4.78, 5) is 7.25. The SMILES string of the molecule is CCC(C)C1CNC2(CCCCC2)CN1Cc1nccs1. The number of hydrogen-bond acceptors (Lipinski definition) is 4. The Morgan fingerprint density at radius 2 is 2.24 bits per heavy atom. The largest absolute Gasteiger partial charge is 0.308 e. The van der Waals surface area contributed by atoms with Crippen LogP contribution in [-0.2, 0) is 6.54 Å². The van der Waals surface area contributed by atoms with Crippen LogP contribution in [0.4, 0.5) is 0 Å². The molecule has 4 heteroatoms. The Morgan fingerprint density at radius 1 is 1.43 bits per heavy atom. The van der Waals surface area contributed by atoms with Crippen LogP contribution in [0.15, 0.2) is 11.6 Å². The lowest BCUT2D eigenvalue weighted by atomic mass is 9.78. The maximum atomic E-state index is 4.52. The van der Waals surface area contributed by atoms with Crippen LogP contribution >= 0.6 is 11.3 Å². The van der Waals surface area contributed by atoms with E-state index in [0.717, 1.165) is 19.0 Å². The monoisotopic (exact) mass is 307 g/mol. The van der Waals surface area contributed by atoms with Crippen molar-refractivity contribution in [1.82, 2.24) is 15.2 Å². The number of nitrogens with one attached hydrogen (secondary N) is 1. The van der Waals surface area contributed by atoms with E-state index in [-0.39, 0.29) is 0 Å². The quantitative estimate of drug-likeness (QED) is 0.920. The van der Waals surface area contributed by atoms with E-state index in [9.17, 15) is 0 Å². The van der Waals surface area contributed by atoms with E-state index in [0.29, 0.717) is 11.6 Å². The van der Waals surface area contributed by atoms with Crippen LogP contribution in [-0.4, -0.2) is 34.6 Å². The molecule has 2 heterocycles. The van der Waals surface area contributed by atoms with E-state index >= 15 is 0 Å². The van der Waals surface area contributed by atoms with Crippen LogP contribution in [0.25, 0.3) is 0 Å². The summed E-state index contributed by atoms with van der Waals surface area (Å²) >= 11 is 1.80. The zero-order valence-electron chi connectivity index (χ0n) is 13.5. The van der Waals surface area contributed by atoms with Crippen molar-refractivity contribution in [1.29, 1.82) is 0 Å². The van der Waals surface area contributed by atoms with Gasteiger partial charge in [0.1, 0.15) is 5.01 Å². The van der Waals surface area contributed by atoms with Gasteiger partial charge in [-0.2, -0.15) is 0 Å². The molecule has 1 aromatic rings. The Labute approximate surface area is 133 Å². The van der Waals surface area contributed by atoms with Gasteiger partial charge >= 0.3 is 0 Å². The van der Waals surface area contributed by atoms with Gasteiger partial charge in [-0.3, -0.25) is 4.90 Å². The Balaban J connectivity index is 1.74. The number of thiazole rings is 1. The predicted molar refractivity (Wildman–Crippen MR) is 89.6 cm³/mol. The molecular weight excluding hydrogens is 278 g/mol. The predicted octanol–water partition coefficient (Wildman–Crippen LogP) is 3.67. The molecule has 2 atom stereocenters. The molecule has 3 rings (SSSR count). The molecule has 1 spiro atoms. The van der Waals surface area contributed by atoms with Crippen molar-refractivity contribution < 1.29 is 0 Å². The van der Waals surface area contributed by atoms with Crippen molar-refractivity contribution in [3.63, 3.8) is 0 Å². The van der Waals surface area contributed by atoms with E-state index in [2.05, 4.69) is 34.4 Å². The lowest BCUT2D eigenvalue weighted by Gasteiger charge is -2.51. The van der Waals surface area contributed by atoms with Gasteiger partial charge in [0.15, 0.2) is 0 Å². The summed E-state index contributed by atoms with van der Waals surface area (Å²) in [5.41, 5.74) is 0.388. The maximum absolute atomic E-state index is 4.52. The average molecular weight is 308 g/mol. The van der Waals surface area contributed by atoms with Gasteiger partial charge in [0.2, 0.25) is 0 Å². The molecule has 118 valence electrons. The van der Waals surface area contributed by atoms with Gasteiger partial charge in [-0.25, -0.2) is 4.98 Å². The van der Waals surface area contributed by atoms with Crippen molar-refractivity contribution in [2.24, 2.45) is 5.92 Å². The molecule has 1 aliphatic heterocycles. The van der Waals surface area contributed by atoms with Crippen LogP contribution in [0.2, 0.25) is 0 Å². The van der Waals surface area contributed by atoms with Gasteiger partial charge in [0, 0.05) is 36.2 Å². The molecule has 1 saturated carbocycles. The molecule has 1 N–H and O–H groups in total. The molecule has 2 unspecified atom stereocenters. The van der Waals surface area contributed by atoms with E-state index in [4.69, 9.17) is 0 Å². The van der Waals surface area contributed by atoms with Crippen LogP contribution in [0, 0.1) is 5.92 Å². The normalized spacial score (nSPS) is 27.8. The first kappa shape index (κ1) is 15.4. The van der Waals surface area contributed by atoms with Crippen LogP contribution in [0.5, 0.6) is 0 Å². The minimum atomic E-state index is 0.388. The van der Waals surface area contributed by atoms with Crippen LogP contribution in [0.1, 0.15) is 57.4 Å². The molecule has 1 aliphatic carbocycles. The minimum Gasteiger partial charge on any atom is -0.308 e. The van der Waals surface area contributed by atoms with Gasteiger partial charge in [-0.1, -0.05) is 39.5 Å². The Kier molecular flexibility index (Phi) is 4.97. The molecule has 0 bridgehead atoms. The lowest BCUT2D eigenvalue weighted by Crippen LogP contribution is -2.65. The Bertz CT molecular complexity index is 425. The van der Waals surface area contributed by atoms with Gasteiger partial charge in [-0.15, -0.1) is 11.3 Å². The molecule has 0 amide bonds. The van der Waals surface area contributed by atoms with Crippen molar-refractivity contribution in [2.75, 3.05) is 13.1 Å². The highest BCUT2D eigenvalue weighted by atomic mass is 32.1. The Morgan fingerprint density at radius 3 is 2.90 bits per heavy atom. The summed E-state index contributed by atoms with van der Waals surface area (Å²) in [6, 6.07) is 0.659. The second-order valence-corrected chi connectivity index (χ2v) is 7.98. The van der Waals surface area contributed by atoms with Gasteiger partial charge in [-0.05, 0) is 18.8 Å². The second-order valence-electron chi connectivity index (χ2n) is 7.01. The molecule has 0 aromatic carbocycles. The maximum Gasteiger partial charge on any atom is 0.107 e. The standard InChI is InChI=1S/C17H29N3S/c1-3-14(2)15-11-19-17(7-5-4-6-8-17)13-20(15)12-16-18-9-10-21-16/h9-10,14-15,19H,3-8,11-13H2,1-2H3. The van der Waals surface area contributed by atoms with Gasteiger partial charge < -0.3 is 5.32 Å². The molecular formula is C17H29N3S. The first-order valence-corrected chi connectivity index (χ1v) is 9.48. The zero-order chi connectivity index (χ0) is 14.7. The third kappa shape index (κ3) is 3.49. The lowest BCUT2D eigenvalue weighted by molar-refractivity contribution is 0.0267. The van der Waals surface area contributed by atoms with Crippen LogP contribution in [0.3, 0.4) is 0 Å². The molecule has 2 aliphatic rings. The number of piperazine rings is 1. The third-order valence-electron chi connectivity index (χ3n) is 5.59. The number of rotatable bonds is 4. The van der Waals surface area contributed by atoms with Crippen molar-refractivity contribution in [2.45, 2.75) is 70.5 Å². The number of hydrogen-bond donors (Lipinski definition) is 1. The number of nitrogens with zero attached hydrogens (tertiary/aromatic N) is 2. The summed E-state index contributed by atoms with van der Waals surface area (Å²) in [5.74, 6) is 0.749. The van der Waals surface area contributed by atoms with E-state index in [1.807, 2.05) is 6.20 Å². The zero-order valence-corrected chi connectivity index (χ0v) is 14.3. The minimum absolute atomic E-state index is 0.388. The topological polar surface area (TPSA) is 28.2 Å². The van der Waals surface area contributed by atoms with E-state index in [1.165, 1.54) is 50.1 Å². The second kappa shape index (κ2) is 6.76. The van der Waals surface area contributed by atoms with Crippen molar-refractivity contribution in [3.8, 4) is 0 Å². The highest BCUT2D eigenvalue weighted by Gasteiger charge is 2.41. The molecule has 0 radical (unpaired) electrons. The summed E-state index contributed by atoms with van der Waals surface area (Å²) in [7, 11) is 0. The Hall–Kier alpha value is -0.450. The van der Waals surface area contributed by atoms with E-state index < -0.39 is 0 Å². The average Bonchev–Trinajstić information content (AvgIpc) is 3.00. The summed E-state index contributed by atoms with van der Waals surface area (Å²) in [6.45, 7) is 8.12. The fraction of sp³-hybridized carbons (Fsp3) is 0.824. The molecule has 1 aromatic heterocycles. The van der Waals surface area contributed by atoms with Gasteiger partial charge in [0.05, 0.1) is 6.54 Å². The summed E-state index contributed by atoms with van der Waals surface area (Å²) in [5, 5.41) is 7.33. The molecule has 2 fully saturated rings. The highest BCUT2D eigenvalue weighted by Crippen LogP contribution is 2.34.